The maximum atomic E-state index is 10.6. The molecular formula is C5H8INO2S. The highest BCUT2D eigenvalue weighted by Crippen LogP contribution is 2.15. The van der Waals surface area contributed by atoms with Crippen LogP contribution < -0.4 is 5.32 Å². The molecule has 1 saturated heterocycles. The molecule has 10 heavy (non-hydrogen) atoms. The number of hydrogen-bond acceptors (Lipinski definition) is 3. The lowest BCUT2D eigenvalue weighted by molar-refractivity contribution is -0.119. The van der Waals surface area contributed by atoms with Gasteiger partial charge in [0, 0.05) is 27.6 Å². The van der Waals surface area contributed by atoms with Gasteiger partial charge in [0.15, 0.2) is 0 Å². The Bertz CT molecular complexity index is 133. The fraction of sp³-hybridized carbons (Fsp3) is 0.800. The number of rotatable bonds is 3. The fourth-order valence-corrected chi connectivity index (χ4v) is 1.57. The van der Waals surface area contributed by atoms with Gasteiger partial charge < -0.3 is 9.50 Å². The largest absolute Gasteiger partial charge is 0.351 e. The normalized spacial score (nSPS) is 24.9. The molecule has 0 aliphatic carbocycles. The molecule has 0 aromatic heterocycles. The summed E-state index contributed by atoms with van der Waals surface area (Å²) >= 11 is 2.06. The van der Waals surface area contributed by atoms with E-state index in [4.69, 9.17) is 4.18 Å². The Morgan fingerprint density at radius 3 is 3.20 bits per heavy atom. The highest BCUT2D eigenvalue weighted by molar-refractivity contribution is 14.2. The summed E-state index contributed by atoms with van der Waals surface area (Å²) in [5.74, 6) is 0.145. The molecule has 1 heterocycles. The molecule has 0 bridgehead atoms. The van der Waals surface area contributed by atoms with Crippen molar-refractivity contribution < 1.29 is 8.98 Å². The molecule has 1 rings (SSSR count). The average molecular weight is 273 g/mol. The number of carbonyl (C=O) groups excluding carboxylic acids is 1. The first-order valence-corrected chi connectivity index (χ1v) is 6.31. The second-order valence-corrected chi connectivity index (χ2v) is 3.59. The molecule has 1 unspecified atom stereocenters. The molecule has 58 valence electrons. The Morgan fingerprint density at radius 2 is 2.70 bits per heavy atom. The molecule has 1 amide bonds. The van der Waals surface area contributed by atoms with Crippen LogP contribution in [0.25, 0.3) is 0 Å². The summed E-state index contributed by atoms with van der Waals surface area (Å²) < 4.78 is 5.05. The van der Waals surface area contributed by atoms with E-state index in [1.165, 1.54) is 9.21 Å². The topological polar surface area (TPSA) is 38.3 Å². The van der Waals surface area contributed by atoms with Crippen molar-refractivity contribution >= 4 is 36.3 Å². The molecule has 0 aromatic rings. The second kappa shape index (κ2) is 4.40. The summed E-state index contributed by atoms with van der Waals surface area (Å²) in [7, 11) is 1.31. The van der Waals surface area contributed by atoms with E-state index in [0.717, 1.165) is 6.42 Å². The van der Waals surface area contributed by atoms with Gasteiger partial charge in [-0.05, 0) is 6.42 Å². The van der Waals surface area contributed by atoms with Crippen LogP contribution in [0.15, 0.2) is 0 Å². The van der Waals surface area contributed by atoms with Gasteiger partial charge in [-0.3, -0.25) is 4.79 Å². The molecule has 0 radical (unpaired) electrons. The molecule has 1 aliphatic heterocycles. The van der Waals surface area contributed by atoms with Gasteiger partial charge in [-0.15, -0.1) is 0 Å². The standard InChI is InChI=1S/C5H8INO2S/c6-10-9-3-4-1-2-5(8)7-4/h4H,1-3H2,(H,7,8). The van der Waals surface area contributed by atoms with Gasteiger partial charge in [0.1, 0.15) is 0 Å². The number of hydrogen-bond donors (Lipinski definition) is 1. The zero-order valence-corrected chi connectivity index (χ0v) is 8.28. The van der Waals surface area contributed by atoms with E-state index in [-0.39, 0.29) is 11.9 Å². The van der Waals surface area contributed by atoms with Gasteiger partial charge in [0.2, 0.25) is 5.91 Å². The molecule has 0 spiro atoms. The van der Waals surface area contributed by atoms with Gasteiger partial charge in [0.05, 0.1) is 21.9 Å². The maximum Gasteiger partial charge on any atom is 0.220 e. The quantitative estimate of drug-likeness (QED) is 0.622. The van der Waals surface area contributed by atoms with E-state index in [1.54, 1.807) is 0 Å². The van der Waals surface area contributed by atoms with E-state index >= 15 is 0 Å². The first kappa shape index (κ1) is 8.61. The summed E-state index contributed by atoms with van der Waals surface area (Å²) in [4.78, 5) is 10.6. The van der Waals surface area contributed by atoms with Crippen molar-refractivity contribution in [3.05, 3.63) is 0 Å². The molecule has 1 fully saturated rings. The van der Waals surface area contributed by atoms with Crippen LogP contribution >= 0.6 is 30.4 Å². The van der Waals surface area contributed by atoms with Gasteiger partial charge >= 0.3 is 0 Å². The molecule has 3 nitrogen and oxygen atoms in total. The molecule has 1 N–H and O–H groups in total. The van der Waals surface area contributed by atoms with Crippen molar-refractivity contribution in [1.82, 2.24) is 5.32 Å². The van der Waals surface area contributed by atoms with E-state index in [9.17, 15) is 4.79 Å². The first-order chi connectivity index (χ1) is 4.83. The summed E-state index contributed by atoms with van der Waals surface area (Å²) in [6, 6.07) is 0.245. The van der Waals surface area contributed by atoms with Crippen LogP contribution in [0.4, 0.5) is 0 Å². The third-order valence-corrected chi connectivity index (χ3v) is 2.39. The fourth-order valence-electron chi connectivity index (χ4n) is 0.910. The third kappa shape index (κ3) is 2.63. The van der Waals surface area contributed by atoms with Crippen LogP contribution in [0.5, 0.6) is 0 Å². The van der Waals surface area contributed by atoms with Gasteiger partial charge in [-0.1, -0.05) is 0 Å². The Balaban J connectivity index is 2.12. The number of carbonyl (C=O) groups is 1. The third-order valence-electron chi connectivity index (χ3n) is 1.40. The smallest absolute Gasteiger partial charge is 0.220 e. The SMILES string of the molecule is O=C1CCC(COSI)N1. The Morgan fingerprint density at radius 1 is 1.90 bits per heavy atom. The van der Waals surface area contributed by atoms with E-state index in [2.05, 4.69) is 26.5 Å². The van der Waals surface area contributed by atoms with Crippen molar-refractivity contribution in [1.29, 1.82) is 0 Å². The van der Waals surface area contributed by atoms with Gasteiger partial charge in [-0.2, -0.15) is 0 Å². The lowest BCUT2D eigenvalue weighted by Crippen LogP contribution is -2.28. The van der Waals surface area contributed by atoms with E-state index < -0.39 is 0 Å². The molecule has 0 aromatic carbocycles. The van der Waals surface area contributed by atoms with Crippen LogP contribution in [-0.2, 0) is 8.98 Å². The minimum atomic E-state index is 0.145. The van der Waals surface area contributed by atoms with Gasteiger partial charge in [-0.25, -0.2) is 0 Å². The average Bonchev–Trinajstić information content (AvgIpc) is 2.31. The van der Waals surface area contributed by atoms with Crippen LogP contribution in [-0.4, -0.2) is 18.6 Å². The van der Waals surface area contributed by atoms with Crippen LogP contribution in [0, 0.1) is 0 Å². The van der Waals surface area contributed by atoms with Crippen LogP contribution in [0.1, 0.15) is 12.8 Å². The predicted molar refractivity (Wildman–Crippen MR) is 48.7 cm³/mol. The Kier molecular flexibility index (Phi) is 3.79. The summed E-state index contributed by atoms with van der Waals surface area (Å²) in [6.45, 7) is 0.624. The monoisotopic (exact) mass is 273 g/mol. The highest BCUT2D eigenvalue weighted by Gasteiger charge is 2.20. The molecule has 5 heteroatoms. The number of nitrogens with one attached hydrogen (secondary N) is 1. The maximum absolute atomic E-state index is 10.6. The zero-order valence-electron chi connectivity index (χ0n) is 5.30. The first-order valence-electron chi connectivity index (χ1n) is 3.02. The van der Waals surface area contributed by atoms with Crippen molar-refractivity contribution in [2.24, 2.45) is 0 Å². The van der Waals surface area contributed by atoms with Gasteiger partial charge in [0.25, 0.3) is 0 Å². The minimum absolute atomic E-state index is 0.145. The van der Waals surface area contributed by atoms with E-state index in [0.29, 0.717) is 13.0 Å². The lowest BCUT2D eigenvalue weighted by Gasteiger charge is -2.06. The number of amides is 1. The predicted octanol–water partition coefficient (Wildman–Crippen LogP) is 1.28. The molecular weight excluding hydrogens is 265 g/mol. The Hall–Kier alpha value is 0.510. The zero-order chi connectivity index (χ0) is 7.40. The van der Waals surface area contributed by atoms with E-state index in [1.807, 2.05) is 0 Å². The molecule has 0 saturated carbocycles. The van der Waals surface area contributed by atoms with Crippen molar-refractivity contribution in [3.63, 3.8) is 0 Å². The Labute approximate surface area is 76.1 Å². The van der Waals surface area contributed by atoms with Crippen LogP contribution in [0.2, 0.25) is 0 Å². The highest BCUT2D eigenvalue weighted by atomic mass is 127. The minimum Gasteiger partial charge on any atom is -0.351 e. The number of halogens is 1. The lowest BCUT2D eigenvalue weighted by atomic mass is 10.2. The summed E-state index contributed by atoms with van der Waals surface area (Å²) in [5.41, 5.74) is 0. The second-order valence-electron chi connectivity index (χ2n) is 2.15. The van der Waals surface area contributed by atoms with Crippen molar-refractivity contribution in [2.45, 2.75) is 18.9 Å². The van der Waals surface area contributed by atoms with Crippen molar-refractivity contribution in [2.75, 3.05) is 6.61 Å². The molecule has 1 atom stereocenters. The van der Waals surface area contributed by atoms with Crippen molar-refractivity contribution in [3.8, 4) is 0 Å². The summed E-state index contributed by atoms with van der Waals surface area (Å²) in [6.07, 6.45) is 1.57. The van der Waals surface area contributed by atoms with Crippen LogP contribution in [0.3, 0.4) is 0 Å². The summed E-state index contributed by atoms with van der Waals surface area (Å²) in [5, 5.41) is 2.81. The molecule has 1 aliphatic rings.